The third kappa shape index (κ3) is 1.12. The standard InChI is InChI=1S/C7H11NO/c1-5-3-6(2)8-7(5)4-9/h4,6,8H,3H2,1-2H3. The van der Waals surface area contributed by atoms with Gasteiger partial charge in [-0.15, -0.1) is 0 Å². The van der Waals surface area contributed by atoms with Crippen molar-refractivity contribution in [1.82, 2.24) is 5.32 Å². The Morgan fingerprint density at radius 1 is 1.78 bits per heavy atom. The maximum absolute atomic E-state index is 10.2. The largest absolute Gasteiger partial charge is 0.380 e. The lowest BCUT2D eigenvalue weighted by molar-refractivity contribution is -0.105. The van der Waals surface area contributed by atoms with Crippen LogP contribution in [0.1, 0.15) is 20.3 Å². The molecule has 0 spiro atoms. The number of carbonyl (C=O) groups excluding carboxylic acids is 1. The average Bonchev–Trinajstić information content (AvgIpc) is 2.10. The van der Waals surface area contributed by atoms with Crippen LogP contribution in [-0.2, 0) is 4.79 Å². The first kappa shape index (κ1) is 6.33. The second-order valence-electron chi connectivity index (χ2n) is 2.56. The lowest BCUT2D eigenvalue weighted by Gasteiger charge is -2.01. The molecule has 1 heterocycles. The van der Waals surface area contributed by atoms with Gasteiger partial charge in [0.25, 0.3) is 0 Å². The molecule has 0 fully saturated rings. The average molecular weight is 125 g/mol. The molecule has 1 aliphatic heterocycles. The Bertz CT molecular complexity index is 160. The van der Waals surface area contributed by atoms with E-state index in [1.54, 1.807) is 0 Å². The summed E-state index contributed by atoms with van der Waals surface area (Å²) in [6.45, 7) is 4.06. The minimum atomic E-state index is 0.449. The van der Waals surface area contributed by atoms with Crippen LogP contribution >= 0.6 is 0 Å². The van der Waals surface area contributed by atoms with E-state index in [0.717, 1.165) is 18.4 Å². The van der Waals surface area contributed by atoms with E-state index in [9.17, 15) is 4.79 Å². The first-order valence-corrected chi connectivity index (χ1v) is 3.15. The van der Waals surface area contributed by atoms with Gasteiger partial charge in [0.15, 0.2) is 6.29 Å². The quantitative estimate of drug-likeness (QED) is 0.526. The van der Waals surface area contributed by atoms with Crippen molar-refractivity contribution in [2.45, 2.75) is 26.3 Å². The van der Waals surface area contributed by atoms with Crippen molar-refractivity contribution in [3.05, 3.63) is 11.3 Å². The first-order valence-electron chi connectivity index (χ1n) is 3.15. The zero-order valence-electron chi connectivity index (χ0n) is 5.77. The molecule has 1 atom stereocenters. The highest BCUT2D eigenvalue weighted by Gasteiger charge is 2.14. The summed E-state index contributed by atoms with van der Waals surface area (Å²) in [5, 5.41) is 3.06. The number of hydrogen-bond donors (Lipinski definition) is 1. The highest BCUT2D eigenvalue weighted by molar-refractivity contribution is 5.74. The number of rotatable bonds is 1. The van der Waals surface area contributed by atoms with Crippen LogP contribution in [0.3, 0.4) is 0 Å². The van der Waals surface area contributed by atoms with Crippen LogP contribution in [0, 0.1) is 0 Å². The molecule has 1 rings (SSSR count). The molecule has 0 aromatic rings. The zero-order valence-corrected chi connectivity index (χ0v) is 5.77. The molecule has 9 heavy (non-hydrogen) atoms. The number of allylic oxidation sites excluding steroid dienone is 1. The molecule has 0 aromatic heterocycles. The highest BCUT2D eigenvalue weighted by atomic mass is 16.1. The van der Waals surface area contributed by atoms with Crippen molar-refractivity contribution < 1.29 is 4.79 Å². The summed E-state index contributed by atoms with van der Waals surface area (Å²) < 4.78 is 0. The molecule has 0 bridgehead atoms. The normalized spacial score (nSPS) is 26.2. The van der Waals surface area contributed by atoms with Gasteiger partial charge in [-0.05, 0) is 25.8 Å². The molecule has 1 aliphatic rings. The topological polar surface area (TPSA) is 29.1 Å². The molecule has 0 saturated heterocycles. The van der Waals surface area contributed by atoms with Crippen LogP contribution in [0.2, 0.25) is 0 Å². The second kappa shape index (κ2) is 2.21. The summed E-state index contributed by atoms with van der Waals surface area (Å²) in [7, 11) is 0. The second-order valence-corrected chi connectivity index (χ2v) is 2.56. The Morgan fingerprint density at radius 3 is 2.67 bits per heavy atom. The van der Waals surface area contributed by atoms with Gasteiger partial charge in [0.05, 0.1) is 5.70 Å². The number of carbonyl (C=O) groups is 1. The van der Waals surface area contributed by atoms with E-state index >= 15 is 0 Å². The first-order chi connectivity index (χ1) is 4.24. The Hall–Kier alpha value is -0.790. The van der Waals surface area contributed by atoms with E-state index in [0.29, 0.717) is 6.04 Å². The van der Waals surface area contributed by atoms with Crippen molar-refractivity contribution in [2.24, 2.45) is 0 Å². The summed E-state index contributed by atoms with van der Waals surface area (Å²) in [6, 6.07) is 0.449. The lowest BCUT2D eigenvalue weighted by Crippen LogP contribution is -2.18. The molecule has 0 radical (unpaired) electrons. The molecular formula is C7H11NO. The summed E-state index contributed by atoms with van der Waals surface area (Å²) in [4.78, 5) is 10.2. The molecule has 0 aromatic carbocycles. The molecule has 1 N–H and O–H groups in total. The predicted octanol–water partition coefficient (Wildman–Crippen LogP) is 0.841. The molecule has 1 unspecified atom stereocenters. The predicted molar refractivity (Wildman–Crippen MR) is 36.0 cm³/mol. The summed E-state index contributed by atoms with van der Waals surface area (Å²) in [5.41, 5.74) is 1.96. The maximum atomic E-state index is 10.2. The molecule has 50 valence electrons. The van der Waals surface area contributed by atoms with E-state index in [1.807, 2.05) is 6.92 Å². The van der Waals surface area contributed by atoms with Crippen molar-refractivity contribution in [2.75, 3.05) is 0 Å². The van der Waals surface area contributed by atoms with Gasteiger partial charge in [-0.1, -0.05) is 0 Å². The fraction of sp³-hybridized carbons (Fsp3) is 0.571. The van der Waals surface area contributed by atoms with Crippen LogP contribution in [0.4, 0.5) is 0 Å². The van der Waals surface area contributed by atoms with Crippen LogP contribution in [0.5, 0.6) is 0 Å². The molecule has 0 saturated carbocycles. The molecule has 0 aliphatic carbocycles. The van der Waals surface area contributed by atoms with E-state index in [2.05, 4.69) is 12.2 Å². The van der Waals surface area contributed by atoms with Gasteiger partial charge >= 0.3 is 0 Å². The molecule has 2 heteroatoms. The van der Waals surface area contributed by atoms with Gasteiger partial charge in [-0.2, -0.15) is 0 Å². The molecule has 2 nitrogen and oxygen atoms in total. The van der Waals surface area contributed by atoms with Gasteiger partial charge in [0, 0.05) is 6.04 Å². The van der Waals surface area contributed by atoms with E-state index < -0.39 is 0 Å². The molecular weight excluding hydrogens is 114 g/mol. The van der Waals surface area contributed by atoms with Gasteiger partial charge < -0.3 is 5.32 Å². The molecule has 0 amide bonds. The Labute approximate surface area is 54.9 Å². The summed E-state index contributed by atoms with van der Waals surface area (Å²) in [5.74, 6) is 0. The third-order valence-corrected chi connectivity index (χ3v) is 1.59. The lowest BCUT2D eigenvalue weighted by atomic mass is 10.2. The fourth-order valence-electron chi connectivity index (χ4n) is 1.14. The third-order valence-electron chi connectivity index (χ3n) is 1.59. The Morgan fingerprint density at radius 2 is 2.44 bits per heavy atom. The minimum Gasteiger partial charge on any atom is -0.380 e. The van der Waals surface area contributed by atoms with Crippen LogP contribution in [0.25, 0.3) is 0 Å². The van der Waals surface area contributed by atoms with Crippen molar-refractivity contribution in [1.29, 1.82) is 0 Å². The van der Waals surface area contributed by atoms with Gasteiger partial charge in [0.1, 0.15) is 0 Å². The van der Waals surface area contributed by atoms with Gasteiger partial charge in [-0.25, -0.2) is 0 Å². The van der Waals surface area contributed by atoms with Crippen LogP contribution in [0.15, 0.2) is 11.3 Å². The van der Waals surface area contributed by atoms with Gasteiger partial charge in [-0.3, -0.25) is 4.79 Å². The monoisotopic (exact) mass is 125 g/mol. The van der Waals surface area contributed by atoms with Gasteiger partial charge in [0.2, 0.25) is 0 Å². The van der Waals surface area contributed by atoms with Crippen molar-refractivity contribution >= 4 is 6.29 Å². The van der Waals surface area contributed by atoms with Crippen molar-refractivity contribution in [3.63, 3.8) is 0 Å². The summed E-state index contributed by atoms with van der Waals surface area (Å²) >= 11 is 0. The van der Waals surface area contributed by atoms with E-state index in [-0.39, 0.29) is 0 Å². The van der Waals surface area contributed by atoms with Crippen molar-refractivity contribution in [3.8, 4) is 0 Å². The van der Waals surface area contributed by atoms with E-state index in [4.69, 9.17) is 0 Å². The smallest absolute Gasteiger partial charge is 0.165 e. The Balaban J connectivity index is 2.69. The summed E-state index contributed by atoms with van der Waals surface area (Å²) in [6.07, 6.45) is 1.90. The van der Waals surface area contributed by atoms with Crippen LogP contribution in [-0.4, -0.2) is 12.3 Å². The minimum absolute atomic E-state index is 0.449. The highest BCUT2D eigenvalue weighted by Crippen LogP contribution is 2.15. The SMILES string of the molecule is CC1=C(C=O)NC(C)C1. The number of aldehydes is 1. The number of nitrogens with one attached hydrogen (secondary N) is 1. The number of hydrogen-bond acceptors (Lipinski definition) is 2. The fourth-order valence-corrected chi connectivity index (χ4v) is 1.14. The Kier molecular flexibility index (Phi) is 1.56. The van der Waals surface area contributed by atoms with Crippen LogP contribution < -0.4 is 5.32 Å². The van der Waals surface area contributed by atoms with E-state index in [1.165, 1.54) is 5.57 Å². The zero-order chi connectivity index (χ0) is 6.85. The maximum Gasteiger partial charge on any atom is 0.165 e.